The van der Waals surface area contributed by atoms with Crippen LogP contribution in [0.25, 0.3) is 0 Å². The molecule has 0 aromatic heterocycles. The first-order valence-electron chi connectivity index (χ1n) is 8.64. The lowest BCUT2D eigenvalue weighted by atomic mass is 10.1. The number of carbonyl (C=O) groups excluding carboxylic acids is 2. The molecule has 0 saturated carbocycles. The van der Waals surface area contributed by atoms with Gasteiger partial charge in [0.25, 0.3) is 11.8 Å². The quantitative estimate of drug-likeness (QED) is 0.677. The van der Waals surface area contributed by atoms with Gasteiger partial charge in [0.1, 0.15) is 12.4 Å². The van der Waals surface area contributed by atoms with Gasteiger partial charge in [-0.15, -0.1) is 0 Å². The van der Waals surface area contributed by atoms with Gasteiger partial charge in [0.05, 0.1) is 17.9 Å². The zero-order valence-electron chi connectivity index (χ0n) is 15.1. The molecule has 0 saturated heterocycles. The van der Waals surface area contributed by atoms with Crippen LogP contribution in [0.2, 0.25) is 0 Å². The number of carbonyl (C=O) groups is 2. The van der Waals surface area contributed by atoms with E-state index in [2.05, 4.69) is 10.6 Å². The van der Waals surface area contributed by atoms with E-state index in [4.69, 9.17) is 9.47 Å². The summed E-state index contributed by atoms with van der Waals surface area (Å²) in [7, 11) is 0. The van der Waals surface area contributed by atoms with E-state index in [1.807, 2.05) is 13.8 Å². The molecule has 0 heterocycles. The molecule has 6 heteroatoms. The van der Waals surface area contributed by atoms with Gasteiger partial charge in [-0.1, -0.05) is 12.1 Å². The van der Waals surface area contributed by atoms with Gasteiger partial charge in [0.2, 0.25) is 0 Å². The number of nitrogens with one attached hydrogen (secondary N) is 2. The third kappa shape index (κ3) is 5.60. The first kappa shape index (κ1) is 19.5. The molecule has 6 nitrogen and oxygen atoms in total. The lowest BCUT2D eigenvalue weighted by Crippen LogP contribution is -2.24. The first-order valence-corrected chi connectivity index (χ1v) is 8.64. The Morgan fingerprint density at radius 1 is 0.923 bits per heavy atom. The van der Waals surface area contributed by atoms with Crippen molar-refractivity contribution in [2.24, 2.45) is 0 Å². The molecule has 0 aliphatic carbocycles. The second-order valence-corrected chi connectivity index (χ2v) is 5.43. The lowest BCUT2D eigenvalue weighted by molar-refractivity contribution is 0.0956. The fourth-order valence-electron chi connectivity index (χ4n) is 2.31. The highest BCUT2D eigenvalue weighted by Crippen LogP contribution is 2.18. The number of para-hydroxylation sites is 1. The highest BCUT2D eigenvalue weighted by Gasteiger charge is 2.13. The monoisotopic (exact) mass is 356 g/mol. The zero-order valence-corrected chi connectivity index (χ0v) is 15.1. The van der Waals surface area contributed by atoms with Crippen molar-refractivity contribution in [3.63, 3.8) is 0 Å². The van der Waals surface area contributed by atoms with E-state index >= 15 is 0 Å². The second-order valence-electron chi connectivity index (χ2n) is 5.43. The minimum absolute atomic E-state index is 0.221. The molecule has 0 atom stereocenters. The van der Waals surface area contributed by atoms with Crippen molar-refractivity contribution < 1.29 is 19.1 Å². The Morgan fingerprint density at radius 2 is 1.65 bits per heavy atom. The molecule has 2 amide bonds. The summed E-state index contributed by atoms with van der Waals surface area (Å²) in [5.41, 5.74) is 1.38. The summed E-state index contributed by atoms with van der Waals surface area (Å²) in [6, 6.07) is 13.7. The molecule has 2 N–H and O–H groups in total. The molecule has 0 bridgehead atoms. The summed E-state index contributed by atoms with van der Waals surface area (Å²) in [5.74, 6) is 0.160. The summed E-state index contributed by atoms with van der Waals surface area (Å²) in [4.78, 5) is 24.5. The summed E-state index contributed by atoms with van der Waals surface area (Å²) < 4.78 is 10.7. The Bertz CT molecular complexity index is 729. The minimum atomic E-state index is -0.289. The summed E-state index contributed by atoms with van der Waals surface area (Å²) in [6.07, 6.45) is 0. The molecule has 0 fully saturated rings. The number of hydrogen-bond donors (Lipinski definition) is 2. The minimum Gasteiger partial charge on any atom is -0.491 e. The van der Waals surface area contributed by atoms with E-state index in [0.29, 0.717) is 48.9 Å². The summed E-state index contributed by atoms with van der Waals surface area (Å²) in [6.45, 7) is 5.93. The maximum atomic E-state index is 12.5. The maximum Gasteiger partial charge on any atom is 0.255 e. The number of benzene rings is 2. The second kappa shape index (κ2) is 10.2. The molecular formula is C20H24N2O4. The molecule has 0 aliphatic rings. The van der Waals surface area contributed by atoms with Crippen LogP contribution < -0.4 is 15.4 Å². The van der Waals surface area contributed by atoms with Crippen LogP contribution in [-0.2, 0) is 4.74 Å². The summed E-state index contributed by atoms with van der Waals surface area (Å²) >= 11 is 0. The van der Waals surface area contributed by atoms with E-state index < -0.39 is 0 Å². The highest BCUT2D eigenvalue weighted by atomic mass is 16.5. The normalized spacial score (nSPS) is 10.2. The smallest absolute Gasteiger partial charge is 0.255 e. The van der Waals surface area contributed by atoms with Crippen LogP contribution >= 0.6 is 0 Å². The molecule has 0 unspecified atom stereocenters. The van der Waals surface area contributed by atoms with Gasteiger partial charge < -0.3 is 20.1 Å². The van der Waals surface area contributed by atoms with Gasteiger partial charge >= 0.3 is 0 Å². The van der Waals surface area contributed by atoms with Crippen molar-refractivity contribution in [2.75, 3.05) is 31.7 Å². The number of amides is 2. The molecule has 0 radical (unpaired) electrons. The Morgan fingerprint density at radius 3 is 2.35 bits per heavy atom. The van der Waals surface area contributed by atoms with Crippen molar-refractivity contribution in [1.29, 1.82) is 0 Å². The van der Waals surface area contributed by atoms with Crippen molar-refractivity contribution in [3.8, 4) is 5.75 Å². The van der Waals surface area contributed by atoms with Crippen LogP contribution in [0.4, 0.5) is 5.69 Å². The molecule has 2 rings (SSSR count). The van der Waals surface area contributed by atoms with E-state index in [9.17, 15) is 9.59 Å². The average Bonchev–Trinajstić information content (AvgIpc) is 2.66. The van der Waals surface area contributed by atoms with Crippen LogP contribution in [0.3, 0.4) is 0 Å². The van der Waals surface area contributed by atoms with Crippen molar-refractivity contribution in [1.82, 2.24) is 5.32 Å². The maximum absolute atomic E-state index is 12.5. The van der Waals surface area contributed by atoms with Crippen molar-refractivity contribution in [2.45, 2.75) is 13.8 Å². The van der Waals surface area contributed by atoms with Gasteiger partial charge in [-0.05, 0) is 50.2 Å². The fraction of sp³-hybridized carbons (Fsp3) is 0.300. The van der Waals surface area contributed by atoms with Gasteiger partial charge in [-0.25, -0.2) is 0 Å². The van der Waals surface area contributed by atoms with Crippen LogP contribution in [-0.4, -0.2) is 38.2 Å². The van der Waals surface area contributed by atoms with E-state index in [0.717, 1.165) is 0 Å². The molecule has 0 aliphatic heterocycles. The molecule has 2 aromatic carbocycles. The molecular weight excluding hydrogens is 332 g/mol. The number of anilines is 1. The van der Waals surface area contributed by atoms with Gasteiger partial charge in [0.15, 0.2) is 0 Å². The standard InChI is InChI=1S/C20H24N2O4/c1-3-21-20(24)17-7-5-6-8-18(17)22-19(23)15-9-11-16(12-10-15)26-14-13-25-4-2/h5-12H,3-4,13-14H2,1-2H3,(H,21,24)(H,22,23). The molecule has 0 spiro atoms. The van der Waals surface area contributed by atoms with E-state index in [1.54, 1.807) is 48.5 Å². The number of ether oxygens (including phenoxy) is 2. The Labute approximate surface area is 153 Å². The molecule has 26 heavy (non-hydrogen) atoms. The largest absolute Gasteiger partial charge is 0.491 e. The summed E-state index contributed by atoms with van der Waals surface area (Å²) in [5, 5.41) is 5.52. The topological polar surface area (TPSA) is 76.7 Å². The van der Waals surface area contributed by atoms with Crippen LogP contribution in [0.1, 0.15) is 34.6 Å². The van der Waals surface area contributed by atoms with E-state index in [1.165, 1.54) is 0 Å². The SMILES string of the molecule is CCNC(=O)c1ccccc1NC(=O)c1ccc(OCCOCC)cc1. The Kier molecular flexibility index (Phi) is 7.64. The lowest BCUT2D eigenvalue weighted by Gasteiger charge is -2.11. The predicted octanol–water partition coefficient (Wildman–Crippen LogP) is 3.10. The first-order chi connectivity index (χ1) is 12.7. The van der Waals surface area contributed by atoms with Gasteiger partial charge in [0, 0.05) is 18.7 Å². The highest BCUT2D eigenvalue weighted by molar-refractivity contribution is 6.09. The number of hydrogen-bond acceptors (Lipinski definition) is 4. The van der Waals surface area contributed by atoms with Crippen molar-refractivity contribution >= 4 is 17.5 Å². The Balaban J connectivity index is 2.01. The van der Waals surface area contributed by atoms with Gasteiger partial charge in [-0.3, -0.25) is 9.59 Å². The number of rotatable bonds is 9. The van der Waals surface area contributed by atoms with Crippen molar-refractivity contribution in [3.05, 3.63) is 59.7 Å². The third-order valence-electron chi connectivity index (χ3n) is 3.57. The fourth-order valence-corrected chi connectivity index (χ4v) is 2.31. The van der Waals surface area contributed by atoms with Crippen LogP contribution in [0, 0.1) is 0 Å². The zero-order chi connectivity index (χ0) is 18.8. The van der Waals surface area contributed by atoms with E-state index in [-0.39, 0.29) is 11.8 Å². The van der Waals surface area contributed by atoms with Crippen LogP contribution in [0.15, 0.2) is 48.5 Å². The van der Waals surface area contributed by atoms with Gasteiger partial charge in [-0.2, -0.15) is 0 Å². The molecule has 2 aromatic rings. The Hall–Kier alpha value is -2.86. The average molecular weight is 356 g/mol. The third-order valence-corrected chi connectivity index (χ3v) is 3.57. The predicted molar refractivity (Wildman–Crippen MR) is 101 cm³/mol. The van der Waals surface area contributed by atoms with Crippen LogP contribution in [0.5, 0.6) is 5.75 Å². The molecule has 138 valence electrons.